The number of hydrogen-bond donors (Lipinski definition) is 1. The predicted octanol–water partition coefficient (Wildman–Crippen LogP) is 2.85. The van der Waals surface area contributed by atoms with Crippen LogP contribution in [0.3, 0.4) is 0 Å². The summed E-state index contributed by atoms with van der Waals surface area (Å²) in [6.07, 6.45) is 0. The molecule has 8 heteroatoms. The Morgan fingerprint density at radius 2 is 1.77 bits per heavy atom. The van der Waals surface area contributed by atoms with E-state index in [2.05, 4.69) is 5.32 Å². The maximum absolute atomic E-state index is 12.8. The molecule has 0 spiro atoms. The van der Waals surface area contributed by atoms with Gasteiger partial charge < -0.3 is 24.1 Å². The quantitative estimate of drug-likeness (QED) is 0.656. The number of fused-ring (bicyclic) bond motifs is 1. The lowest BCUT2D eigenvalue weighted by Gasteiger charge is -2.33. The van der Waals surface area contributed by atoms with E-state index in [0.717, 1.165) is 5.39 Å². The Morgan fingerprint density at radius 1 is 1.00 bits per heavy atom. The van der Waals surface area contributed by atoms with Gasteiger partial charge in [0.25, 0.3) is 5.91 Å². The van der Waals surface area contributed by atoms with Gasteiger partial charge in [0.2, 0.25) is 5.91 Å². The van der Waals surface area contributed by atoms with Crippen LogP contribution < -0.4 is 14.8 Å². The Morgan fingerprint density at radius 3 is 2.48 bits per heavy atom. The molecule has 162 valence electrons. The molecule has 0 saturated carbocycles. The summed E-state index contributed by atoms with van der Waals surface area (Å²) in [5, 5.41) is 3.79. The second-order valence-corrected chi connectivity index (χ2v) is 7.33. The lowest BCUT2D eigenvalue weighted by Crippen LogP contribution is -2.50. The first-order valence-corrected chi connectivity index (χ1v) is 10.1. The molecular weight excluding hydrogens is 398 g/mol. The van der Waals surface area contributed by atoms with Gasteiger partial charge in [-0.1, -0.05) is 18.2 Å². The normalized spacial score (nSPS) is 14.5. The number of carbonyl (C=O) groups is 2. The average molecular weight is 423 g/mol. The molecule has 4 rings (SSSR count). The Labute approximate surface area is 180 Å². The Balaban J connectivity index is 1.30. The van der Waals surface area contributed by atoms with Crippen LogP contribution in [-0.2, 0) is 4.79 Å². The fraction of sp³-hybridized carbons (Fsp3) is 0.304. The summed E-state index contributed by atoms with van der Waals surface area (Å²) in [5.74, 6) is 1.27. The highest BCUT2D eigenvalue weighted by atomic mass is 16.5. The van der Waals surface area contributed by atoms with Crippen molar-refractivity contribution in [2.24, 2.45) is 0 Å². The number of furan rings is 1. The highest BCUT2D eigenvalue weighted by molar-refractivity contribution is 5.96. The minimum Gasteiger partial charge on any atom is -0.497 e. The van der Waals surface area contributed by atoms with Gasteiger partial charge in [-0.15, -0.1) is 0 Å². The summed E-state index contributed by atoms with van der Waals surface area (Å²) in [6.45, 7) is 2.53. The maximum Gasteiger partial charge on any atom is 0.289 e. The zero-order chi connectivity index (χ0) is 21.8. The molecule has 0 radical (unpaired) electrons. The summed E-state index contributed by atoms with van der Waals surface area (Å²) in [7, 11) is 3.12. The Bertz CT molecular complexity index is 1050. The van der Waals surface area contributed by atoms with E-state index in [1.54, 1.807) is 43.4 Å². The largest absolute Gasteiger partial charge is 0.497 e. The lowest BCUT2D eigenvalue weighted by atomic mass is 10.2. The van der Waals surface area contributed by atoms with Gasteiger partial charge in [-0.2, -0.15) is 0 Å². The van der Waals surface area contributed by atoms with Crippen LogP contribution in [0.25, 0.3) is 11.0 Å². The van der Waals surface area contributed by atoms with Crippen LogP contribution >= 0.6 is 0 Å². The summed E-state index contributed by atoms with van der Waals surface area (Å²) in [4.78, 5) is 29.1. The van der Waals surface area contributed by atoms with Gasteiger partial charge in [0.1, 0.15) is 17.1 Å². The van der Waals surface area contributed by atoms with Crippen LogP contribution in [-0.4, -0.2) is 68.6 Å². The fourth-order valence-electron chi connectivity index (χ4n) is 3.65. The second-order valence-electron chi connectivity index (χ2n) is 7.33. The maximum atomic E-state index is 12.8. The molecule has 1 saturated heterocycles. The summed E-state index contributed by atoms with van der Waals surface area (Å²) in [6, 6.07) is 14.6. The Kier molecular flexibility index (Phi) is 6.08. The minimum atomic E-state index is -0.138. The van der Waals surface area contributed by atoms with E-state index in [0.29, 0.717) is 54.7 Å². The SMILES string of the molecule is COc1ccc(NC(=O)CN2CCN(C(=O)c3cc4ccccc4o3)CC2)c(OC)c1. The van der Waals surface area contributed by atoms with Crippen molar-refractivity contribution in [3.63, 3.8) is 0 Å². The van der Waals surface area contributed by atoms with Gasteiger partial charge in [-0.25, -0.2) is 0 Å². The molecule has 0 unspecified atom stereocenters. The highest BCUT2D eigenvalue weighted by Gasteiger charge is 2.25. The number of carbonyl (C=O) groups excluding carboxylic acids is 2. The van der Waals surface area contributed by atoms with Crippen LogP contribution in [0.15, 0.2) is 52.9 Å². The van der Waals surface area contributed by atoms with E-state index in [1.807, 2.05) is 29.2 Å². The molecule has 1 aliphatic rings. The second kappa shape index (κ2) is 9.09. The third kappa shape index (κ3) is 4.64. The molecule has 0 aliphatic carbocycles. The summed E-state index contributed by atoms with van der Waals surface area (Å²) >= 11 is 0. The topological polar surface area (TPSA) is 84.3 Å². The number of benzene rings is 2. The number of piperazine rings is 1. The van der Waals surface area contributed by atoms with Crippen molar-refractivity contribution in [2.75, 3.05) is 52.3 Å². The van der Waals surface area contributed by atoms with Gasteiger partial charge in [0, 0.05) is 37.6 Å². The first kappa shape index (κ1) is 20.7. The first-order chi connectivity index (χ1) is 15.1. The molecule has 1 N–H and O–H groups in total. The van der Waals surface area contributed by atoms with E-state index < -0.39 is 0 Å². The smallest absolute Gasteiger partial charge is 0.289 e. The first-order valence-electron chi connectivity index (χ1n) is 10.1. The molecule has 31 heavy (non-hydrogen) atoms. The molecule has 3 aromatic rings. The minimum absolute atomic E-state index is 0.122. The zero-order valence-corrected chi connectivity index (χ0v) is 17.6. The molecule has 2 aromatic carbocycles. The number of ether oxygens (including phenoxy) is 2. The van der Waals surface area contributed by atoms with E-state index in [9.17, 15) is 9.59 Å². The number of anilines is 1. The molecule has 0 atom stereocenters. The number of amides is 2. The third-order valence-electron chi connectivity index (χ3n) is 5.35. The van der Waals surface area contributed by atoms with Gasteiger partial charge in [-0.05, 0) is 24.3 Å². The molecule has 1 aliphatic heterocycles. The van der Waals surface area contributed by atoms with E-state index in [1.165, 1.54) is 0 Å². The van der Waals surface area contributed by atoms with Gasteiger partial charge >= 0.3 is 0 Å². The highest BCUT2D eigenvalue weighted by Crippen LogP contribution is 2.29. The molecule has 2 heterocycles. The van der Waals surface area contributed by atoms with Crippen LogP contribution in [0.1, 0.15) is 10.6 Å². The number of nitrogens with zero attached hydrogens (tertiary/aromatic N) is 2. The average Bonchev–Trinajstić information content (AvgIpc) is 3.23. The van der Waals surface area contributed by atoms with Crippen molar-refractivity contribution in [1.29, 1.82) is 0 Å². The van der Waals surface area contributed by atoms with E-state index in [4.69, 9.17) is 13.9 Å². The van der Waals surface area contributed by atoms with Crippen LogP contribution in [0.2, 0.25) is 0 Å². The molecule has 0 bridgehead atoms. The van der Waals surface area contributed by atoms with Crippen molar-refractivity contribution >= 4 is 28.5 Å². The third-order valence-corrected chi connectivity index (χ3v) is 5.35. The van der Waals surface area contributed by atoms with Crippen LogP contribution in [0.4, 0.5) is 5.69 Å². The van der Waals surface area contributed by atoms with Crippen molar-refractivity contribution in [2.45, 2.75) is 0 Å². The number of nitrogens with one attached hydrogen (secondary N) is 1. The van der Waals surface area contributed by atoms with Gasteiger partial charge in [0.05, 0.1) is 26.5 Å². The number of methoxy groups -OCH3 is 2. The number of hydrogen-bond acceptors (Lipinski definition) is 6. The summed E-state index contributed by atoms with van der Waals surface area (Å²) < 4.78 is 16.2. The van der Waals surface area contributed by atoms with Crippen molar-refractivity contribution in [1.82, 2.24) is 9.80 Å². The fourth-order valence-corrected chi connectivity index (χ4v) is 3.65. The predicted molar refractivity (Wildman–Crippen MR) is 117 cm³/mol. The molecule has 1 aromatic heterocycles. The molecule has 2 amide bonds. The molecule has 8 nitrogen and oxygen atoms in total. The number of para-hydroxylation sites is 1. The molecular formula is C23H25N3O5. The standard InChI is InChI=1S/C23H25N3O5/c1-29-17-7-8-18(20(14-17)30-2)24-22(27)15-25-9-11-26(12-10-25)23(28)21-13-16-5-3-4-6-19(16)31-21/h3-8,13-14H,9-12,15H2,1-2H3,(H,24,27). The number of rotatable bonds is 6. The van der Waals surface area contributed by atoms with Crippen LogP contribution in [0, 0.1) is 0 Å². The Hall–Kier alpha value is -3.52. The summed E-state index contributed by atoms with van der Waals surface area (Å²) in [5.41, 5.74) is 1.29. The molecule has 1 fully saturated rings. The zero-order valence-electron chi connectivity index (χ0n) is 17.6. The van der Waals surface area contributed by atoms with Crippen LogP contribution in [0.5, 0.6) is 11.5 Å². The van der Waals surface area contributed by atoms with Crippen molar-refractivity contribution in [3.8, 4) is 11.5 Å². The van der Waals surface area contributed by atoms with Gasteiger partial charge in [-0.3, -0.25) is 14.5 Å². The van der Waals surface area contributed by atoms with E-state index >= 15 is 0 Å². The van der Waals surface area contributed by atoms with Crippen molar-refractivity contribution in [3.05, 3.63) is 54.3 Å². The van der Waals surface area contributed by atoms with Crippen molar-refractivity contribution < 1.29 is 23.5 Å². The lowest BCUT2D eigenvalue weighted by molar-refractivity contribution is -0.117. The monoisotopic (exact) mass is 423 g/mol. The van der Waals surface area contributed by atoms with Gasteiger partial charge in [0.15, 0.2) is 5.76 Å². The van der Waals surface area contributed by atoms with E-state index in [-0.39, 0.29) is 18.4 Å².